The summed E-state index contributed by atoms with van der Waals surface area (Å²) < 4.78 is 5.27. The predicted octanol–water partition coefficient (Wildman–Crippen LogP) is 5.06. The summed E-state index contributed by atoms with van der Waals surface area (Å²) in [6.07, 6.45) is 11.0. The lowest BCUT2D eigenvalue weighted by Crippen LogP contribution is -1.91. The van der Waals surface area contributed by atoms with Gasteiger partial charge in [0.25, 0.3) is 0 Å². The highest BCUT2D eigenvalue weighted by Gasteiger charge is 2.11. The Bertz CT molecular complexity index is 730. The third-order valence-corrected chi connectivity index (χ3v) is 3.06. The number of hydrogen-bond acceptors (Lipinski definition) is 2. The van der Waals surface area contributed by atoms with Crippen LogP contribution < -0.4 is 0 Å². The number of carbonyl (C=O) groups is 1. The second-order valence-corrected chi connectivity index (χ2v) is 4.62. The fourth-order valence-electron chi connectivity index (χ4n) is 2.10. The molecule has 0 bridgehead atoms. The number of allylic oxidation sites excluding steroid dienone is 6. The van der Waals surface area contributed by atoms with Gasteiger partial charge >= 0.3 is 5.97 Å². The van der Waals surface area contributed by atoms with Crippen LogP contribution in [-0.4, -0.2) is 11.1 Å². The molecular weight excluding hydrogens is 264 g/mol. The fourth-order valence-corrected chi connectivity index (χ4v) is 2.10. The average Bonchev–Trinajstić information content (AvgIpc) is 2.90. The van der Waals surface area contributed by atoms with Gasteiger partial charge < -0.3 is 9.52 Å². The molecule has 2 rings (SSSR count). The molecule has 0 saturated carbocycles. The van der Waals surface area contributed by atoms with Gasteiger partial charge in [0, 0.05) is 5.39 Å². The molecule has 0 spiro atoms. The van der Waals surface area contributed by atoms with Gasteiger partial charge in [-0.15, -0.1) is 0 Å². The van der Waals surface area contributed by atoms with Gasteiger partial charge in [0.2, 0.25) is 5.76 Å². The molecular formula is C18H18O3. The molecule has 1 heterocycles. The minimum atomic E-state index is -1.05. The largest absolute Gasteiger partial charge is 0.475 e. The molecule has 1 N–H and O–H groups in total. The van der Waals surface area contributed by atoms with E-state index in [0.717, 1.165) is 22.9 Å². The van der Waals surface area contributed by atoms with Crippen LogP contribution in [0.1, 0.15) is 36.4 Å². The zero-order valence-corrected chi connectivity index (χ0v) is 12.2. The van der Waals surface area contributed by atoms with E-state index >= 15 is 0 Å². The fraction of sp³-hybridized carbons (Fsp3) is 0.167. The molecule has 0 radical (unpaired) electrons. The van der Waals surface area contributed by atoms with Crippen molar-refractivity contribution in [2.45, 2.75) is 20.3 Å². The summed E-state index contributed by atoms with van der Waals surface area (Å²) in [5, 5.41) is 9.77. The molecule has 2 aromatic rings. The number of benzene rings is 1. The number of aromatic carboxylic acids is 1. The molecule has 0 atom stereocenters. The zero-order valence-electron chi connectivity index (χ0n) is 12.2. The molecule has 1 aromatic carbocycles. The van der Waals surface area contributed by atoms with Crippen molar-refractivity contribution in [3.05, 3.63) is 66.0 Å². The smallest absolute Gasteiger partial charge is 0.371 e. The zero-order chi connectivity index (χ0) is 15.2. The lowest BCUT2D eigenvalue weighted by molar-refractivity contribution is 0.0665. The van der Waals surface area contributed by atoms with Crippen LogP contribution in [0.2, 0.25) is 0 Å². The standard InChI is InChI=1S/C18H18O3/c1-3-5-6-8-13(7-4-2)14-9-10-16-15(11-14)12-17(21-16)18(19)20/h3,5-12H,4H2,1-2H3,(H,19,20)/b5-3-,8-6-,13-7+. The molecule has 0 aliphatic rings. The highest BCUT2D eigenvalue weighted by Crippen LogP contribution is 2.25. The first-order valence-corrected chi connectivity index (χ1v) is 6.92. The summed E-state index contributed by atoms with van der Waals surface area (Å²) in [7, 11) is 0. The van der Waals surface area contributed by atoms with Gasteiger partial charge in [0.15, 0.2) is 0 Å². The Morgan fingerprint density at radius 1 is 1.29 bits per heavy atom. The second kappa shape index (κ2) is 6.75. The van der Waals surface area contributed by atoms with Crippen LogP contribution in [0.15, 0.2) is 59.1 Å². The summed E-state index contributed by atoms with van der Waals surface area (Å²) in [5.41, 5.74) is 2.74. The monoisotopic (exact) mass is 282 g/mol. The molecule has 1 aromatic heterocycles. The van der Waals surface area contributed by atoms with Crippen LogP contribution in [0.3, 0.4) is 0 Å². The van der Waals surface area contributed by atoms with E-state index in [-0.39, 0.29) is 5.76 Å². The second-order valence-electron chi connectivity index (χ2n) is 4.62. The van der Waals surface area contributed by atoms with E-state index in [2.05, 4.69) is 13.0 Å². The van der Waals surface area contributed by atoms with Gasteiger partial charge in [-0.25, -0.2) is 4.79 Å². The molecule has 0 aliphatic heterocycles. The van der Waals surface area contributed by atoms with Gasteiger partial charge in [-0.1, -0.05) is 43.4 Å². The Morgan fingerprint density at radius 3 is 2.76 bits per heavy atom. The maximum atomic E-state index is 10.9. The Kier molecular flexibility index (Phi) is 4.77. The van der Waals surface area contributed by atoms with Crippen molar-refractivity contribution < 1.29 is 14.3 Å². The third-order valence-electron chi connectivity index (χ3n) is 3.06. The number of furan rings is 1. The molecule has 0 unspecified atom stereocenters. The third kappa shape index (κ3) is 3.51. The van der Waals surface area contributed by atoms with Crippen molar-refractivity contribution in [2.75, 3.05) is 0 Å². The topological polar surface area (TPSA) is 50.4 Å². The first-order chi connectivity index (χ1) is 10.2. The van der Waals surface area contributed by atoms with E-state index in [1.54, 1.807) is 6.07 Å². The van der Waals surface area contributed by atoms with Crippen LogP contribution in [0.5, 0.6) is 0 Å². The van der Waals surface area contributed by atoms with E-state index in [1.807, 2.05) is 49.4 Å². The molecule has 0 amide bonds. The molecule has 0 aliphatic carbocycles. The SMILES string of the molecule is C\C=C/C=C\C(=C/CC)c1ccc2oc(C(=O)O)cc2c1. The quantitative estimate of drug-likeness (QED) is 0.780. The normalized spacial score (nSPS) is 12.8. The maximum absolute atomic E-state index is 10.9. The van der Waals surface area contributed by atoms with Gasteiger partial charge in [-0.05, 0) is 42.7 Å². The van der Waals surface area contributed by atoms with Crippen molar-refractivity contribution in [1.29, 1.82) is 0 Å². The van der Waals surface area contributed by atoms with Crippen LogP contribution in [-0.2, 0) is 0 Å². The van der Waals surface area contributed by atoms with Crippen LogP contribution in [0.25, 0.3) is 16.5 Å². The molecule has 108 valence electrons. The predicted molar refractivity (Wildman–Crippen MR) is 85.4 cm³/mol. The summed E-state index contributed by atoms with van der Waals surface area (Å²) >= 11 is 0. The van der Waals surface area contributed by atoms with E-state index in [0.29, 0.717) is 5.58 Å². The Balaban J connectivity index is 2.43. The highest BCUT2D eigenvalue weighted by atomic mass is 16.4. The lowest BCUT2D eigenvalue weighted by Gasteiger charge is -2.02. The highest BCUT2D eigenvalue weighted by molar-refractivity contribution is 5.93. The molecule has 3 nitrogen and oxygen atoms in total. The van der Waals surface area contributed by atoms with Gasteiger partial charge in [0.05, 0.1) is 0 Å². The number of fused-ring (bicyclic) bond motifs is 1. The molecule has 21 heavy (non-hydrogen) atoms. The van der Waals surface area contributed by atoms with Crippen molar-refractivity contribution >= 4 is 22.5 Å². The molecule has 0 fully saturated rings. The van der Waals surface area contributed by atoms with Crippen molar-refractivity contribution in [2.24, 2.45) is 0 Å². The molecule has 0 saturated heterocycles. The minimum Gasteiger partial charge on any atom is -0.475 e. The van der Waals surface area contributed by atoms with E-state index in [1.165, 1.54) is 0 Å². The summed E-state index contributed by atoms with van der Waals surface area (Å²) in [6, 6.07) is 7.26. The number of rotatable bonds is 5. The van der Waals surface area contributed by atoms with Gasteiger partial charge in [0.1, 0.15) is 5.58 Å². The van der Waals surface area contributed by atoms with Crippen LogP contribution in [0.4, 0.5) is 0 Å². The lowest BCUT2D eigenvalue weighted by atomic mass is 10.0. The van der Waals surface area contributed by atoms with E-state index in [4.69, 9.17) is 9.52 Å². The van der Waals surface area contributed by atoms with E-state index < -0.39 is 5.97 Å². The summed E-state index contributed by atoms with van der Waals surface area (Å²) in [5.74, 6) is -1.09. The van der Waals surface area contributed by atoms with Gasteiger partial charge in [-0.3, -0.25) is 0 Å². The number of hydrogen-bond donors (Lipinski definition) is 1. The number of carboxylic acids is 1. The Morgan fingerprint density at radius 2 is 2.10 bits per heavy atom. The first-order valence-electron chi connectivity index (χ1n) is 6.92. The van der Waals surface area contributed by atoms with Crippen molar-refractivity contribution in [1.82, 2.24) is 0 Å². The van der Waals surface area contributed by atoms with Crippen LogP contribution >= 0.6 is 0 Å². The Labute approximate surface area is 123 Å². The van der Waals surface area contributed by atoms with E-state index in [9.17, 15) is 4.79 Å². The summed E-state index contributed by atoms with van der Waals surface area (Å²) in [4.78, 5) is 10.9. The van der Waals surface area contributed by atoms with Crippen molar-refractivity contribution in [3.8, 4) is 0 Å². The summed E-state index contributed by atoms with van der Waals surface area (Å²) in [6.45, 7) is 4.06. The van der Waals surface area contributed by atoms with Gasteiger partial charge in [-0.2, -0.15) is 0 Å². The first kappa shape index (κ1) is 14.9. The maximum Gasteiger partial charge on any atom is 0.371 e. The van der Waals surface area contributed by atoms with Crippen molar-refractivity contribution in [3.63, 3.8) is 0 Å². The van der Waals surface area contributed by atoms with Crippen LogP contribution in [0, 0.1) is 0 Å². The molecule has 3 heteroatoms. The average molecular weight is 282 g/mol. The minimum absolute atomic E-state index is 0.0346. The number of carboxylic acid groups (broad SMARTS) is 1. The Hall–Kier alpha value is -2.55.